The van der Waals surface area contributed by atoms with Gasteiger partial charge in [-0.1, -0.05) is 18.2 Å². The van der Waals surface area contributed by atoms with Crippen molar-refractivity contribution in [2.75, 3.05) is 27.7 Å². The van der Waals surface area contributed by atoms with E-state index < -0.39 is 0 Å². The maximum atomic E-state index is 12.5. The number of likely N-dealkylation sites (N-methyl/N-ethyl adjacent to an activating group) is 1. The number of benzene rings is 1. The molecule has 2 heterocycles. The van der Waals surface area contributed by atoms with Crippen LogP contribution in [0.15, 0.2) is 70.0 Å². The Bertz CT molecular complexity index is 1010. The maximum Gasteiger partial charge on any atom is 0.287 e. The Labute approximate surface area is 169 Å². The quantitative estimate of drug-likeness (QED) is 0.634. The summed E-state index contributed by atoms with van der Waals surface area (Å²) >= 11 is 0. The highest BCUT2D eigenvalue weighted by atomic mass is 16.5. The van der Waals surface area contributed by atoms with Crippen LogP contribution < -0.4 is 15.6 Å². The maximum absolute atomic E-state index is 12.5. The van der Waals surface area contributed by atoms with Gasteiger partial charge in [0, 0.05) is 18.8 Å². The monoisotopic (exact) mass is 395 g/mol. The third kappa shape index (κ3) is 5.14. The van der Waals surface area contributed by atoms with E-state index in [0.717, 1.165) is 11.3 Å². The van der Waals surface area contributed by atoms with E-state index >= 15 is 0 Å². The molecule has 0 fully saturated rings. The molecule has 0 saturated carbocycles. The molecule has 7 nitrogen and oxygen atoms in total. The lowest BCUT2D eigenvalue weighted by Crippen LogP contribution is -2.34. The summed E-state index contributed by atoms with van der Waals surface area (Å²) in [4.78, 5) is 26.4. The van der Waals surface area contributed by atoms with Crippen molar-refractivity contribution in [3.8, 4) is 5.75 Å². The summed E-state index contributed by atoms with van der Waals surface area (Å²) in [6, 6.07) is 16.0. The van der Waals surface area contributed by atoms with Crippen LogP contribution in [-0.2, 0) is 6.54 Å². The summed E-state index contributed by atoms with van der Waals surface area (Å²) in [7, 11) is 5.55. The van der Waals surface area contributed by atoms with Gasteiger partial charge in [-0.15, -0.1) is 0 Å². The van der Waals surface area contributed by atoms with Crippen molar-refractivity contribution < 1.29 is 13.9 Å². The number of methoxy groups -OCH3 is 1. The van der Waals surface area contributed by atoms with Gasteiger partial charge < -0.3 is 23.9 Å². The lowest BCUT2D eigenvalue weighted by atomic mass is 10.1. The third-order valence-electron chi connectivity index (χ3n) is 4.69. The standard InChI is InChI=1S/C22H25N3O4/c1-24(2)19(16-7-9-17(28-3)10-8-16)14-23-22(27)20-12-11-18(29-20)15-25-13-5-4-6-21(25)26/h4-13,19H,14-15H2,1-3H3,(H,23,27). The zero-order valence-corrected chi connectivity index (χ0v) is 16.8. The van der Waals surface area contributed by atoms with Crippen molar-refractivity contribution in [1.82, 2.24) is 14.8 Å². The second-order valence-electron chi connectivity index (χ2n) is 6.90. The molecule has 1 N–H and O–H groups in total. The Kier molecular flexibility index (Phi) is 6.51. The molecule has 3 aromatic rings. The van der Waals surface area contributed by atoms with Gasteiger partial charge in [-0.2, -0.15) is 0 Å². The number of rotatable bonds is 8. The van der Waals surface area contributed by atoms with Crippen LogP contribution in [0.1, 0.15) is 27.9 Å². The fraction of sp³-hybridized carbons (Fsp3) is 0.273. The number of ether oxygens (including phenoxy) is 1. The normalized spacial score (nSPS) is 12.0. The summed E-state index contributed by atoms with van der Waals surface area (Å²) in [5, 5.41) is 2.92. The zero-order chi connectivity index (χ0) is 20.8. The van der Waals surface area contributed by atoms with Crippen molar-refractivity contribution >= 4 is 5.91 Å². The molecule has 1 unspecified atom stereocenters. The molecular weight excluding hydrogens is 370 g/mol. The molecule has 2 aromatic heterocycles. The number of nitrogens with one attached hydrogen (secondary N) is 1. The van der Waals surface area contributed by atoms with Gasteiger partial charge in [0.25, 0.3) is 11.5 Å². The Hall–Kier alpha value is -3.32. The van der Waals surface area contributed by atoms with Crippen LogP contribution in [-0.4, -0.2) is 43.1 Å². The predicted molar refractivity (Wildman–Crippen MR) is 110 cm³/mol. The Morgan fingerprint density at radius 3 is 2.55 bits per heavy atom. The molecule has 3 rings (SSSR count). The number of hydrogen-bond donors (Lipinski definition) is 1. The lowest BCUT2D eigenvalue weighted by molar-refractivity contribution is 0.0912. The minimum Gasteiger partial charge on any atom is -0.497 e. The van der Waals surface area contributed by atoms with E-state index in [9.17, 15) is 9.59 Å². The molecule has 0 radical (unpaired) electrons. The minimum atomic E-state index is -0.294. The first-order valence-electron chi connectivity index (χ1n) is 9.30. The van der Waals surface area contributed by atoms with Crippen LogP contribution in [0.3, 0.4) is 0 Å². The fourth-order valence-electron chi connectivity index (χ4n) is 3.05. The highest BCUT2D eigenvalue weighted by molar-refractivity contribution is 5.91. The number of amides is 1. The number of pyridine rings is 1. The minimum absolute atomic E-state index is 0.00202. The molecule has 0 aliphatic carbocycles. The summed E-state index contributed by atoms with van der Waals surface area (Å²) in [5.74, 6) is 1.26. The molecule has 7 heteroatoms. The lowest BCUT2D eigenvalue weighted by Gasteiger charge is -2.25. The average Bonchev–Trinajstić information content (AvgIpc) is 3.19. The van der Waals surface area contributed by atoms with Gasteiger partial charge in [0.05, 0.1) is 19.7 Å². The van der Waals surface area contributed by atoms with E-state index in [0.29, 0.717) is 12.3 Å². The van der Waals surface area contributed by atoms with E-state index in [1.165, 1.54) is 10.6 Å². The Morgan fingerprint density at radius 1 is 1.14 bits per heavy atom. The third-order valence-corrected chi connectivity index (χ3v) is 4.69. The van der Waals surface area contributed by atoms with Crippen LogP contribution in [0.4, 0.5) is 0 Å². The predicted octanol–water partition coefficient (Wildman–Crippen LogP) is 2.53. The van der Waals surface area contributed by atoms with Gasteiger partial charge in [-0.25, -0.2) is 0 Å². The number of aromatic nitrogens is 1. The summed E-state index contributed by atoms with van der Waals surface area (Å²) in [5.41, 5.74) is 0.947. The van der Waals surface area contributed by atoms with E-state index in [1.807, 2.05) is 43.3 Å². The number of hydrogen-bond acceptors (Lipinski definition) is 5. The highest BCUT2D eigenvalue weighted by Gasteiger charge is 2.18. The number of furan rings is 1. The molecule has 0 saturated heterocycles. The first kappa shape index (κ1) is 20.4. The zero-order valence-electron chi connectivity index (χ0n) is 16.8. The molecule has 0 bridgehead atoms. The average molecular weight is 395 g/mol. The highest BCUT2D eigenvalue weighted by Crippen LogP contribution is 2.21. The van der Waals surface area contributed by atoms with Gasteiger partial charge in [-0.3, -0.25) is 9.59 Å². The van der Waals surface area contributed by atoms with Gasteiger partial charge in [0.15, 0.2) is 5.76 Å². The van der Waals surface area contributed by atoms with Crippen molar-refractivity contribution in [3.63, 3.8) is 0 Å². The molecule has 152 valence electrons. The van der Waals surface area contributed by atoms with Crippen LogP contribution >= 0.6 is 0 Å². The molecule has 0 aliphatic rings. The van der Waals surface area contributed by atoms with Gasteiger partial charge >= 0.3 is 0 Å². The van der Waals surface area contributed by atoms with E-state index in [2.05, 4.69) is 5.32 Å². The van der Waals surface area contributed by atoms with E-state index in [-0.39, 0.29) is 29.8 Å². The SMILES string of the molecule is COc1ccc(C(CNC(=O)c2ccc(Cn3ccccc3=O)o2)N(C)C)cc1. The van der Waals surface area contributed by atoms with Gasteiger partial charge in [-0.05, 0) is 50.0 Å². The van der Waals surface area contributed by atoms with Crippen molar-refractivity contribution in [3.05, 3.63) is 88.2 Å². The largest absolute Gasteiger partial charge is 0.497 e. The second-order valence-corrected chi connectivity index (χ2v) is 6.90. The first-order valence-corrected chi connectivity index (χ1v) is 9.30. The molecule has 0 aliphatic heterocycles. The van der Waals surface area contributed by atoms with Crippen molar-refractivity contribution in [2.45, 2.75) is 12.6 Å². The molecule has 1 aromatic carbocycles. The van der Waals surface area contributed by atoms with Crippen LogP contribution in [0.5, 0.6) is 5.75 Å². The molecule has 0 spiro atoms. The first-order chi connectivity index (χ1) is 14.0. The van der Waals surface area contributed by atoms with Crippen LogP contribution in [0, 0.1) is 0 Å². The Morgan fingerprint density at radius 2 is 1.90 bits per heavy atom. The van der Waals surface area contributed by atoms with Gasteiger partial charge in [0.1, 0.15) is 11.5 Å². The van der Waals surface area contributed by atoms with E-state index in [1.54, 1.807) is 37.6 Å². The summed E-state index contributed by atoms with van der Waals surface area (Å²) in [6.07, 6.45) is 1.68. The second kappa shape index (κ2) is 9.25. The molecule has 1 atom stereocenters. The summed E-state index contributed by atoms with van der Waals surface area (Å²) < 4.78 is 12.4. The van der Waals surface area contributed by atoms with Crippen LogP contribution in [0.25, 0.3) is 0 Å². The van der Waals surface area contributed by atoms with E-state index in [4.69, 9.17) is 9.15 Å². The number of carbonyl (C=O) groups excluding carboxylic acids is 1. The fourth-order valence-corrected chi connectivity index (χ4v) is 3.05. The number of carbonyl (C=O) groups is 1. The van der Waals surface area contributed by atoms with Gasteiger partial charge in [0.2, 0.25) is 0 Å². The number of nitrogens with zero attached hydrogens (tertiary/aromatic N) is 2. The Balaban J connectivity index is 1.64. The summed E-state index contributed by atoms with van der Waals surface area (Å²) in [6.45, 7) is 0.700. The molecular formula is C22H25N3O4. The molecule has 1 amide bonds. The van der Waals surface area contributed by atoms with Crippen molar-refractivity contribution in [2.24, 2.45) is 0 Å². The van der Waals surface area contributed by atoms with Crippen molar-refractivity contribution in [1.29, 1.82) is 0 Å². The smallest absolute Gasteiger partial charge is 0.287 e. The molecule has 29 heavy (non-hydrogen) atoms. The van der Waals surface area contributed by atoms with Crippen LogP contribution in [0.2, 0.25) is 0 Å². The topological polar surface area (TPSA) is 76.7 Å².